The molecule has 19 heavy (non-hydrogen) atoms. The zero-order valence-corrected chi connectivity index (χ0v) is 11.0. The van der Waals surface area contributed by atoms with E-state index in [0.717, 1.165) is 6.42 Å². The number of phenolic OH excluding ortho intramolecular Hbond substituents is 1. The molecular weight excluding hydrogens is 244 g/mol. The summed E-state index contributed by atoms with van der Waals surface area (Å²) >= 11 is 0. The van der Waals surface area contributed by atoms with Gasteiger partial charge in [0.15, 0.2) is 0 Å². The topological polar surface area (TPSA) is 75.7 Å². The summed E-state index contributed by atoms with van der Waals surface area (Å²) in [7, 11) is 0. The summed E-state index contributed by atoms with van der Waals surface area (Å²) < 4.78 is 0. The summed E-state index contributed by atoms with van der Waals surface area (Å²) in [6, 6.07) is 4.24. The van der Waals surface area contributed by atoms with Gasteiger partial charge in [0.25, 0.3) is 5.69 Å². The van der Waals surface area contributed by atoms with Gasteiger partial charge in [-0.2, -0.15) is 0 Å². The second kappa shape index (κ2) is 5.82. The van der Waals surface area contributed by atoms with E-state index < -0.39 is 4.92 Å². The van der Waals surface area contributed by atoms with Crippen LogP contribution in [0.3, 0.4) is 0 Å². The van der Waals surface area contributed by atoms with E-state index in [1.165, 1.54) is 37.5 Å². The Balaban J connectivity index is 2.17. The number of hydrogen-bond acceptors (Lipinski definition) is 4. The molecule has 1 aliphatic carbocycles. The lowest BCUT2D eigenvalue weighted by atomic mass is 9.86. The van der Waals surface area contributed by atoms with E-state index in [-0.39, 0.29) is 17.5 Å². The van der Waals surface area contributed by atoms with E-state index in [2.05, 4.69) is 11.9 Å². The number of rotatable bonds is 3. The minimum absolute atomic E-state index is 0.0258. The van der Waals surface area contributed by atoms with Crippen molar-refractivity contribution in [2.75, 3.05) is 0 Å². The van der Waals surface area contributed by atoms with E-state index in [4.69, 9.17) is 0 Å². The number of benzene rings is 1. The minimum atomic E-state index is -0.472. The maximum Gasteiger partial charge on any atom is 0.270 e. The van der Waals surface area contributed by atoms with Gasteiger partial charge in [-0.05, 0) is 24.8 Å². The molecule has 5 nitrogen and oxygen atoms in total. The van der Waals surface area contributed by atoms with Gasteiger partial charge in [0.2, 0.25) is 0 Å². The number of nitrogens with zero attached hydrogens (tertiary/aromatic N) is 2. The third-order valence-electron chi connectivity index (χ3n) is 3.69. The highest BCUT2D eigenvalue weighted by atomic mass is 16.6. The summed E-state index contributed by atoms with van der Waals surface area (Å²) in [5.41, 5.74) is 0.378. The van der Waals surface area contributed by atoms with E-state index in [1.807, 2.05) is 0 Å². The monoisotopic (exact) mass is 262 g/mol. The molecule has 1 aromatic carbocycles. The first-order chi connectivity index (χ1) is 9.08. The number of nitro groups is 1. The van der Waals surface area contributed by atoms with Crippen molar-refractivity contribution in [3.8, 4) is 5.75 Å². The molecule has 0 unspecified atom stereocenters. The van der Waals surface area contributed by atoms with Gasteiger partial charge in [-0.1, -0.05) is 19.8 Å². The number of nitro benzene ring substituents is 1. The van der Waals surface area contributed by atoms with Crippen molar-refractivity contribution in [2.24, 2.45) is 10.9 Å². The summed E-state index contributed by atoms with van der Waals surface area (Å²) in [6.45, 7) is 2.18. The van der Waals surface area contributed by atoms with Crippen LogP contribution in [0, 0.1) is 16.0 Å². The SMILES string of the molecule is C[C@@H]1CCCC[C@@H]1N=Cc1cc([N+](=O)[O-])ccc1O. The Morgan fingerprint density at radius 3 is 2.84 bits per heavy atom. The molecule has 102 valence electrons. The lowest BCUT2D eigenvalue weighted by Gasteiger charge is -2.25. The fraction of sp³-hybridized carbons (Fsp3) is 0.500. The van der Waals surface area contributed by atoms with Crippen molar-refractivity contribution in [3.63, 3.8) is 0 Å². The van der Waals surface area contributed by atoms with Crippen LogP contribution in [0.5, 0.6) is 5.75 Å². The van der Waals surface area contributed by atoms with E-state index in [0.29, 0.717) is 11.5 Å². The van der Waals surface area contributed by atoms with Gasteiger partial charge in [-0.15, -0.1) is 0 Å². The van der Waals surface area contributed by atoms with E-state index in [1.54, 1.807) is 6.21 Å². The van der Waals surface area contributed by atoms with Crippen LogP contribution in [0.1, 0.15) is 38.2 Å². The standard InChI is InChI=1S/C14H18N2O3/c1-10-4-2-3-5-13(10)15-9-11-8-12(16(18)19)6-7-14(11)17/h6-10,13,17H,2-5H2,1H3/t10-,13+/m1/s1. The number of phenols is 1. The molecule has 2 atom stereocenters. The smallest absolute Gasteiger partial charge is 0.270 e. The average molecular weight is 262 g/mol. The Kier molecular flexibility index (Phi) is 4.14. The lowest BCUT2D eigenvalue weighted by molar-refractivity contribution is -0.384. The van der Waals surface area contributed by atoms with Gasteiger partial charge >= 0.3 is 0 Å². The number of aliphatic imine (C=N–C) groups is 1. The number of hydrogen-bond donors (Lipinski definition) is 1. The Hall–Kier alpha value is -1.91. The zero-order valence-electron chi connectivity index (χ0n) is 11.0. The van der Waals surface area contributed by atoms with Crippen molar-refractivity contribution in [2.45, 2.75) is 38.6 Å². The molecule has 1 N–H and O–H groups in total. The maximum absolute atomic E-state index is 10.7. The minimum Gasteiger partial charge on any atom is -0.507 e. The van der Waals surface area contributed by atoms with Crippen molar-refractivity contribution < 1.29 is 10.0 Å². The molecule has 0 heterocycles. The summed E-state index contributed by atoms with van der Waals surface area (Å²) in [5, 5.41) is 20.4. The quantitative estimate of drug-likeness (QED) is 0.516. The first kappa shape index (κ1) is 13.5. The molecule has 0 amide bonds. The molecule has 0 aromatic heterocycles. The van der Waals surface area contributed by atoms with Crippen LogP contribution in [0.25, 0.3) is 0 Å². The Bertz CT molecular complexity index is 499. The Morgan fingerprint density at radius 2 is 2.16 bits per heavy atom. The fourth-order valence-electron chi connectivity index (χ4n) is 2.45. The van der Waals surface area contributed by atoms with Gasteiger partial charge < -0.3 is 5.11 Å². The largest absolute Gasteiger partial charge is 0.507 e. The van der Waals surface area contributed by atoms with Crippen molar-refractivity contribution in [1.29, 1.82) is 0 Å². The molecule has 2 rings (SSSR count). The van der Waals surface area contributed by atoms with Crippen LogP contribution in [0.2, 0.25) is 0 Å². The van der Waals surface area contributed by atoms with Crippen molar-refractivity contribution in [1.82, 2.24) is 0 Å². The summed E-state index contributed by atoms with van der Waals surface area (Å²) in [4.78, 5) is 14.7. The Labute approximate surface area is 112 Å². The highest BCUT2D eigenvalue weighted by molar-refractivity contribution is 5.84. The fourth-order valence-corrected chi connectivity index (χ4v) is 2.45. The molecular formula is C14H18N2O3. The highest BCUT2D eigenvalue weighted by Gasteiger charge is 2.20. The summed E-state index contributed by atoms with van der Waals surface area (Å²) in [5.74, 6) is 0.559. The number of aromatic hydroxyl groups is 1. The average Bonchev–Trinajstić information content (AvgIpc) is 2.39. The molecule has 1 saturated carbocycles. The van der Waals surface area contributed by atoms with Crippen molar-refractivity contribution in [3.05, 3.63) is 33.9 Å². The Morgan fingerprint density at radius 1 is 1.42 bits per heavy atom. The molecule has 0 spiro atoms. The predicted molar refractivity (Wildman–Crippen MR) is 73.8 cm³/mol. The lowest BCUT2D eigenvalue weighted by Crippen LogP contribution is -2.20. The molecule has 0 radical (unpaired) electrons. The second-order valence-electron chi connectivity index (χ2n) is 5.11. The van der Waals surface area contributed by atoms with Gasteiger partial charge in [0, 0.05) is 23.9 Å². The maximum atomic E-state index is 10.7. The second-order valence-corrected chi connectivity index (χ2v) is 5.11. The molecule has 1 aromatic rings. The van der Waals surface area contributed by atoms with Crippen LogP contribution in [0.15, 0.2) is 23.2 Å². The normalized spacial score (nSPS) is 23.6. The van der Waals surface area contributed by atoms with Crippen LogP contribution in [-0.4, -0.2) is 22.3 Å². The first-order valence-electron chi connectivity index (χ1n) is 6.58. The first-order valence-corrected chi connectivity index (χ1v) is 6.58. The summed E-state index contributed by atoms with van der Waals surface area (Å²) in [6.07, 6.45) is 6.20. The van der Waals surface area contributed by atoms with Gasteiger partial charge in [0.05, 0.1) is 11.0 Å². The molecule has 1 aliphatic rings. The van der Waals surface area contributed by atoms with E-state index >= 15 is 0 Å². The third kappa shape index (κ3) is 3.30. The zero-order chi connectivity index (χ0) is 13.8. The van der Waals surface area contributed by atoms with Crippen LogP contribution >= 0.6 is 0 Å². The third-order valence-corrected chi connectivity index (χ3v) is 3.69. The molecule has 5 heteroatoms. The molecule has 0 saturated heterocycles. The van der Waals surface area contributed by atoms with Gasteiger partial charge in [0.1, 0.15) is 5.75 Å². The number of non-ortho nitro benzene ring substituents is 1. The molecule has 1 fully saturated rings. The molecule has 0 bridgehead atoms. The van der Waals surface area contributed by atoms with Crippen LogP contribution in [0.4, 0.5) is 5.69 Å². The van der Waals surface area contributed by atoms with E-state index in [9.17, 15) is 15.2 Å². The van der Waals surface area contributed by atoms with Crippen LogP contribution in [-0.2, 0) is 0 Å². The molecule has 0 aliphatic heterocycles. The van der Waals surface area contributed by atoms with Crippen molar-refractivity contribution >= 4 is 11.9 Å². The highest BCUT2D eigenvalue weighted by Crippen LogP contribution is 2.27. The van der Waals surface area contributed by atoms with Gasteiger partial charge in [-0.25, -0.2) is 0 Å². The predicted octanol–water partition coefficient (Wildman–Crippen LogP) is 3.30. The van der Waals surface area contributed by atoms with Gasteiger partial charge in [-0.3, -0.25) is 15.1 Å². The van der Waals surface area contributed by atoms with Crippen LogP contribution < -0.4 is 0 Å².